The summed E-state index contributed by atoms with van der Waals surface area (Å²) in [6.07, 6.45) is 3.40. The molecule has 0 bridgehead atoms. The summed E-state index contributed by atoms with van der Waals surface area (Å²) in [5, 5.41) is 7.78. The van der Waals surface area contributed by atoms with Crippen molar-refractivity contribution in [2.45, 2.75) is 33.2 Å². The molecule has 0 saturated carbocycles. The van der Waals surface area contributed by atoms with Crippen molar-refractivity contribution < 1.29 is 14.0 Å². The minimum Gasteiger partial charge on any atom is -0.465 e. The van der Waals surface area contributed by atoms with Crippen molar-refractivity contribution in [2.24, 2.45) is 11.8 Å². The zero-order valence-corrected chi connectivity index (χ0v) is 21.3. The van der Waals surface area contributed by atoms with Crippen LogP contribution in [-0.2, 0) is 11.3 Å². The molecule has 0 aliphatic carbocycles. The van der Waals surface area contributed by atoms with E-state index in [4.69, 9.17) is 9.52 Å². The number of nitrogens with one attached hydrogen (secondary N) is 1. The maximum absolute atomic E-state index is 13.7. The van der Waals surface area contributed by atoms with Gasteiger partial charge in [0, 0.05) is 30.8 Å². The molecule has 1 N–H and O–H groups in total. The fourth-order valence-corrected chi connectivity index (χ4v) is 4.95. The van der Waals surface area contributed by atoms with Gasteiger partial charge in [0.1, 0.15) is 17.2 Å². The maximum atomic E-state index is 13.7. The van der Waals surface area contributed by atoms with Crippen LogP contribution >= 0.6 is 0 Å². The van der Waals surface area contributed by atoms with Crippen molar-refractivity contribution in [2.75, 3.05) is 13.1 Å². The van der Waals surface area contributed by atoms with E-state index in [1.54, 1.807) is 4.68 Å². The van der Waals surface area contributed by atoms with Gasteiger partial charge in [-0.3, -0.25) is 9.59 Å². The van der Waals surface area contributed by atoms with Crippen molar-refractivity contribution in [3.63, 3.8) is 0 Å². The molecule has 2 amide bonds. The fraction of sp³-hybridized carbons (Fsp3) is 0.300. The van der Waals surface area contributed by atoms with Crippen molar-refractivity contribution in [3.05, 3.63) is 96.1 Å². The molecule has 190 valence electrons. The van der Waals surface area contributed by atoms with E-state index in [2.05, 4.69) is 5.32 Å². The molecule has 1 fully saturated rings. The average molecular weight is 497 g/mol. The number of para-hydroxylation sites is 1. The van der Waals surface area contributed by atoms with Crippen LogP contribution in [0.25, 0.3) is 16.9 Å². The minimum absolute atomic E-state index is 0.0225. The third-order valence-corrected chi connectivity index (χ3v) is 7.19. The van der Waals surface area contributed by atoms with Crippen LogP contribution in [0.5, 0.6) is 0 Å². The topological polar surface area (TPSA) is 80.4 Å². The molecule has 2 aromatic heterocycles. The largest absolute Gasteiger partial charge is 0.465 e. The second-order valence-electron chi connectivity index (χ2n) is 9.69. The Morgan fingerprint density at radius 3 is 2.32 bits per heavy atom. The van der Waals surface area contributed by atoms with E-state index < -0.39 is 0 Å². The molecule has 1 aliphatic rings. The molecule has 0 spiro atoms. The monoisotopic (exact) mass is 496 g/mol. The summed E-state index contributed by atoms with van der Waals surface area (Å²) < 4.78 is 7.32. The zero-order chi connectivity index (χ0) is 25.8. The Labute approximate surface area is 217 Å². The molecule has 4 aromatic rings. The van der Waals surface area contributed by atoms with Crippen molar-refractivity contribution in [1.82, 2.24) is 20.0 Å². The van der Waals surface area contributed by atoms with Crippen molar-refractivity contribution in [3.8, 4) is 16.9 Å². The number of amides is 2. The summed E-state index contributed by atoms with van der Waals surface area (Å²) >= 11 is 0. The first-order valence-electron chi connectivity index (χ1n) is 12.8. The lowest BCUT2D eigenvalue weighted by Crippen LogP contribution is -2.42. The Morgan fingerprint density at radius 2 is 1.68 bits per heavy atom. The molecule has 3 heterocycles. The number of piperidine rings is 1. The molecule has 7 heteroatoms. The number of carbonyl (C=O) groups excluding carboxylic acids is 2. The molecule has 0 radical (unpaired) electrons. The summed E-state index contributed by atoms with van der Waals surface area (Å²) in [4.78, 5) is 28.3. The van der Waals surface area contributed by atoms with E-state index in [9.17, 15) is 9.59 Å². The smallest absolute Gasteiger partial charge is 0.257 e. The van der Waals surface area contributed by atoms with Gasteiger partial charge in [-0.1, -0.05) is 55.5 Å². The van der Waals surface area contributed by atoms with Gasteiger partial charge in [-0.05, 0) is 49.9 Å². The Bertz CT molecular complexity index is 1350. The highest BCUT2D eigenvalue weighted by atomic mass is 16.3. The summed E-state index contributed by atoms with van der Waals surface area (Å²) in [5.41, 5.74) is 3.08. The first-order valence-corrected chi connectivity index (χ1v) is 12.8. The number of hydrogen-bond donors (Lipinski definition) is 1. The molecule has 5 rings (SSSR count). The van der Waals surface area contributed by atoms with Gasteiger partial charge in [0.15, 0.2) is 0 Å². The summed E-state index contributed by atoms with van der Waals surface area (Å²) in [6, 6.07) is 23.4. The lowest BCUT2D eigenvalue weighted by atomic mass is 9.84. The van der Waals surface area contributed by atoms with Gasteiger partial charge in [0.05, 0.1) is 17.8 Å². The van der Waals surface area contributed by atoms with Crippen LogP contribution in [0, 0.1) is 18.8 Å². The number of rotatable bonds is 7. The van der Waals surface area contributed by atoms with Crippen LogP contribution < -0.4 is 5.32 Å². The van der Waals surface area contributed by atoms with Crippen LogP contribution in [-0.4, -0.2) is 39.6 Å². The number of aryl methyl sites for hydroxylation is 1. The number of aromatic nitrogens is 2. The Kier molecular flexibility index (Phi) is 7.21. The third-order valence-electron chi connectivity index (χ3n) is 7.19. The Morgan fingerprint density at radius 1 is 1.00 bits per heavy atom. The van der Waals surface area contributed by atoms with Gasteiger partial charge in [-0.15, -0.1) is 0 Å². The van der Waals surface area contributed by atoms with Crippen LogP contribution in [0.1, 0.15) is 41.6 Å². The highest BCUT2D eigenvalue weighted by Crippen LogP contribution is 2.29. The van der Waals surface area contributed by atoms with E-state index in [0.29, 0.717) is 30.9 Å². The fourth-order valence-electron chi connectivity index (χ4n) is 4.95. The number of furan rings is 1. The molecular formula is C30H32N4O3. The highest BCUT2D eigenvalue weighted by molar-refractivity contribution is 6.00. The van der Waals surface area contributed by atoms with Gasteiger partial charge in [-0.25, -0.2) is 4.68 Å². The molecule has 2 aromatic carbocycles. The summed E-state index contributed by atoms with van der Waals surface area (Å²) in [6.45, 7) is 5.48. The lowest BCUT2D eigenvalue weighted by Gasteiger charge is -2.34. The molecule has 1 saturated heterocycles. The number of nitrogens with zero attached hydrogens (tertiary/aromatic N) is 3. The minimum atomic E-state index is -0.131. The van der Waals surface area contributed by atoms with Gasteiger partial charge >= 0.3 is 0 Å². The molecule has 7 nitrogen and oxygen atoms in total. The Balaban J connectivity index is 1.26. The number of benzene rings is 2. The number of carbonyl (C=O) groups is 2. The molecule has 1 atom stereocenters. The second-order valence-corrected chi connectivity index (χ2v) is 9.69. The van der Waals surface area contributed by atoms with Crippen LogP contribution in [0.3, 0.4) is 0 Å². The average Bonchev–Trinajstić information content (AvgIpc) is 3.58. The van der Waals surface area contributed by atoms with Crippen molar-refractivity contribution >= 4 is 11.8 Å². The standard InChI is InChI=1S/C30H32N4O3/c1-21-13-14-26(37-21)19-31-29(35)22(2)23-15-17-33(18-16-23)30(36)27-20-34(25-11-7-4-8-12-25)32-28(27)24-9-5-3-6-10-24/h3-14,20,22-23H,15-19H2,1-2H3,(H,31,35)/t22-/m0/s1. The van der Waals surface area contributed by atoms with E-state index in [1.807, 2.05) is 97.7 Å². The maximum Gasteiger partial charge on any atom is 0.257 e. The predicted molar refractivity (Wildman–Crippen MR) is 142 cm³/mol. The van der Waals surface area contributed by atoms with Crippen LogP contribution in [0.15, 0.2) is 83.4 Å². The third kappa shape index (κ3) is 5.50. The normalized spacial score (nSPS) is 14.9. The molecule has 1 aliphatic heterocycles. The zero-order valence-electron chi connectivity index (χ0n) is 21.3. The first kappa shape index (κ1) is 24.6. The van der Waals surface area contributed by atoms with E-state index in [1.165, 1.54) is 0 Å². The molecule has 0 unspecified atom stereocenters. The van der Waals surface area contributed by atoms with Gasteiger partial charge < -0.3 is 14.6 Å². The van der Waals surface area contributed by atoms with Gasteiger partial charge in [-0.2, -0.15) is 5.10 Å². The Hall–Kier alpha value is -4.13. The van der Waals surface area contributed by atoms with E-state index in [-0.39, 0.29) is 23.7 Å². The second kappa shape index (κ2) is 10.9. The summed E-state index contributed by atoms with van der Waals surface area (Å²) in [7, 11) is 0. The molecule has 37 heavy (non-hydrogen) atoms. The van der Waals surface area contributed by atoms with E-state index in [0.717, 1.165) is 35.6 Å². The lowest BCUT2D eigenvalue weighted by molar-refractivity contribution is -0.126. The van der Waals surface area contributed by atoms with E-state index >= 15 is 0 Å². The van der Waals surface area contributed by atoms with Gasteiger partial charge in [0.2, 0.25) is 5.91 Å². The van der Waals surface area contributed by atoms with Crippen LogP contribution in [0.4, 0.5) is 0 Å². The number of hydrogen-bond acceptors (Lipinski definition) is 4. The van der Waals surface area contributed by atoms with Gasteiger partial charge in [0.25, 0.3) is 5.91 Å². The highest BCUT2D eigenvalue weighted by Gasteiger charge is 2.31. The molecular weight excluding hydrogens is 464 g/mol. The van der Waals surface area contributed by atoms with Crippen molar-refractivity contribution in [1.29, 1.82) is 0 Å². The number of likely N-dealkylation sites (tertiary alicyclic amines) is 1. The first-order chi connectivity index (χ1) is 18.0. The quantitative estimate of drug-likeness (QED) is 0.379. The predicted octanol–water partition coefficient (Wildman–Crippen LogP) is 5.25. The summed E-state index contributed by atoms with van der Waals surface area (Å²) in [5.74, 6) is 1.68. The van der Waals surface area contributed by atoms with Crippen LogP contribution in [0.2, 0.25) is 0 Å². The SMILES string of the molecule is Cc1ccc(CNC(=O)[C@@H](C)C2CCN(C(=O)c3cn(-c4ccccc4)nc3-c3ccccc3)CC2)o1.